The minimum absolute atomic E-state index is 0.0640. The van der Waals surface area contributed by atoms with Gasteiger partial charge in [-0.25, -0.2) is 0 Å². The summed E-state index contributed by atoms with van der Waals surface area (Å²) in [7, 11) is 1.74. The molecule has 0 bridgehead atoms. The summed E-state index contributed by atoms with van der Waals surface area (Å²) in [6, 6.07) is 15.6. The molecule has 2 heterocycles. The third-order valence-electron chi connectivity index (χ3n) is 5.98. The molecule has 1 saturated heterocycles. The minimum Gasteiger partial charge on any atom is -0.481 e. The summed E-state index contributed by atoms with van der Waals surface area (Å²) in [4.78, 5) is 32.0. The van der Waals surface area contributed by atoms with E-state index in [0.29, 0.717) is 29.7 Å². The number of carbonyl (C=O) groups excluding carboxylic acids is 1. The monoisotopic (exact) mass is 450 g/mol. The van der Waals surface area contributed by atoms with E-state index in [4.69, 9.17) is 4.74 Å². The molecule has 0 saturated carbocycles. The van der Waals surface area contributed by atoms with E-state index in [1.807, 2.05) is 30.3 Å². The molecule has 3 aromatic rings. The van der Waals surface area contributed by atoms with Gasteiger partial charge in [0.15, 0.2) is 6.61 Å². The van der Waals surface area contributed by atoms with Gasteiger partial charge in [-0.05, 0) is 30.2 Å². The molecule has 0 spiro atoms. The van der Waals surface area contributed by atoms with Crippen LogP contribution in [0.2, 0.25) is 0 Å². The van der Waals surface area contributed by atoms with Crippen molar-refractivity contribution in [1.82, 2.24) is 14.8 Å². The Morgan fingerprint density at radius 1 is 1.27 bits per heavy atom. The average molecular weight is 450 g/mol. The van der Waals surface area contributed by atoms with Crippen LogP contribution in [0.5, 0.6) is 5.75 Å². The molecule has 2 aromatic carbocycles. The van der Waals surface area contributed by atoms with Crippen LogP contribution >= 0.6 is 0 Å². The topological polar surface area (TPSA) is 109 Å². The zero-order chi connectivity index (χ0) is 23.4. The largest absolute Gasteiger partial charge is 0.481 e. The Morgan fingerprint density at radius 2 is 2.06 bits per heavy atom. The zero-order valence-corrected chi connectivity index (χ0v) is 18.3. The molecule has 4 rings (SSSR count). The molecule has 9 nitrogen and oxygen atoms in total. The second-order valence-electron chi connectivity index (χ2n) is 8.16. The third-order valence-corrected chi connectivity index (χ3v) is 5.98. The van der Waals surface area contributed by atoms with Crippen molar-refractivity contribution < 1.29 is 19.6 Å². The highest BCUT2D eigenvalue weighted by atomic mass is 16.6. The minimum atomic E-state index is -0.466. The van der Waals surface area contributed by atoms with Crippen LogP contribution in [0.3, 0.4) is 0 Å². The van der Waals surface area contributed by atoms with E-state index in [2.05, 4.69) is 9.88 Å². The number of nitrogens with zero attached hydrogens (tertiary/aromatic N) is 4. The van der Waals surface area contributed by atoms with Crippen LogP contribution in [-0.2, 0) is 4.79 Å². The Hall–Kier alpha value is -3.56. The molecular formula is C24H26N4O5. The maximum absolute atomic E-state index is 13.1. The molecule has 1 aromatic heterocycles. The van der Waals surface area contributed by atoms with Crippen LogP contribution in [0.15, 0.2) is 60.8 Å². The Labute approximate surface area is 191 Å². The molecule has 1 N–H and O–H groups in total. The van der Waals surface area contributed by atoms with Crippen LogP contribution < -0.4 is 4.74 Å². The number of likely N-dealkylation sites (tertiary alicyclic amines) is 1. The molecule has 1 aliphatic heterocycles. The Kier molecular flexibility index (Phi) is 6.81. The van der Waals surface area contributed by atoms with Crippen LogP contribution in [0.1, 0.15) is 18.0 Å². The van der Waals surface area contributed by atoms with Crippen LogP contribution in [0.25, 0.3) is 10.9 Å². The highest BCUT2D eigenvalue weighted by Crippen LogP contribution is 2.31. The first-order valence-corrected chi connectivity index (χ1v) is 10.8. The van der Waals surface area contributed by atoms with Crippen molar-refractivity contribution in [3.63, 3.8) is 0 Å². The van der Waals surface area contributed by atoms with Gasteiger partial charge < -0.3 is 14.7 Å². The molecule has 33 heavy (non-hydrogen) atoms. The van der Waals surface area contributed by atoms with Gasteiger partial charge in [-0.1, -0.05) is 30.3 Å². The van der Waals surface area contributed by atoms with E-state index in [1.165, 1.54) is 18.3 Å². The lowest BCUT2D eigenvalue weighted by atomic mass is 10.0. The number of carbonyl (C=O) groups is 1. The van der Waals surface area contributed by atoms with E-state index >= 15 is 0 Å². The second kappa shape index (κ2) is 9.93. The number of nitro groups is 1. The number of benzene rings is 2. The maximum atomic E-state index is 13.1. The smallest absolute Gasteiger partial charge is 0.279 e. The molecule has 172 valence electrons. The summed E-state index contributed by atoms with van der Waals surface area (Å²) >= 11 is 0. The average Bonchev–Trinajstić information content (AvgIpc) is 3.25. The summed E-state index contributed by atoms with van der Waals surface area (Å²) in [5.74, 6) is 0.0860. The highest BCUT2D eigenvalue weighted by Gasteiger charge is 2.28. The molecule has 1 amide bonds. The SMILES string of the molecule is CN(C(=O)COc1ccc([N+](=O)[O-])c2cccnc12)C(CN1CC[C@H](O)C1)c1ccccc1. The summed E-state index contributed by atoms with van der Waals surface area (Å²) in [5.41, 5.74) is 1.27. The van der Waals surface area contributed by atoms with Crippen molar-refractivity contribution in [2.75, 3.05) is 33.3 Å². The first kappa shape index (κ1) is 22.6. The number of hydrogen-bond acceptors (Lipinski definition) is 7. The van der Waals surface area contributed by atoms with Gasteiger partial charge in [-0.2, -0.15) is 0 Å². The number of pyridine rings is 1. The van der Waals surface area contributed by atoms with Crippen LogP contribution in [0.4, 0.5) is 5.69 Å². The number of non-ortho nitro benzene ring substituents is 1. The molecule has 0 aliphatic carbocycles. The normalized spacial score (nSPS) is 17.1. The van der Waals surface area contributed by atoms with Crippen molar-refractivity contribution >= 4 is 22.5 Å². The Balaban J connectivity index is 1.51. The number of nitro benzene ring substituents is 1. The van der Waals surface area contributed by atoms with Gasteiger partial charge in [0.25, 0.3) is 11.6 Å². The van der Waals surface area contributed by atoms with Crippen molar-refractivity contribution in [2.24, 2.45) is 0 Å². The maximum Gasteiger partial charge on any atom is 0.279 e. The predicted molar refractivity (Wildman–Crippen MR) is 123 cm³/mol. The van der Waals surface area contributed by atoms with Crippen molar-refractivity contribution in [3.8, 4) is 5.75 Å². The lowest BCUT2D eigenvalue weighted by Gasteiger charge is -2.32. The summed E-state index contributed by atoms with van der Waals surface area (Å²) in [6.45, 7) is 1.74. The number of rotatable bonds is 8. The van der Waals surface area contributed by atoms with Crippen molar-refractivity contribution in [2.45, 2.75) is 18.6 Å². The lowest BCUT2D eigenvalue weighted by Crippen LogP contribution is -2.40. The second-order valence-corrected chi connectivity index (χ2v) is 8.16. The molecule has 2 atom stereocenters. The fourth-order valence-electron chi connectivity index (χ4n) is 4.17. The number of ether oxygens (including phenoxy) is 1. The van der Waals surface area contributed by atoms with Crippen molar-refractivity contribution in [3.05, 3.63) is 76.5 Å². The number of fused-ring (bicyclic) bond motifs is 1. The number of β-amino-alcohol motifs (C(OH)–C–C–N with tert-alkyl or cyclic N) is 1. The van der Waals surface area contributed by atoms with Gasteiger partial charge >= 0.3 is 0 Å². The first-order chi connectivity index (χ1) is 15.9. The highest BCUT2D eigenvalue weighted by molar-refractivity contribution is 5.92. The zero-order valence-electron chi connectivity index (χ0n) is 18.3. The third kappa shape index (κ3) is 5.10. The van der Waals surface area contributed by atoms with E-state index in [9.17, 15) is 20.0 Å². The van der Waals surface area contributed by atoms with E-state index in [1.54, 1.807) is 24.1 Å². The molecule has 1 aliphatic rings. The van der Waals surface area contributed by atoms with Crippen molar-refractivity contribution in [1.29, 1.82) is 0 Å². The molecular weight excluding hydrogens is 424 g/mol. The summed E-state index contributed by atoms with van der Waals surface area (Å²) in [6.07, 6.45) is 1.92. The van der Waals surface area contributed by atoms with E-state index in [0.717, 1.165) is 18.5 Å². The van der Waals surface area contributed by atoms with E-state index < -0.39 is 4.92 Å². The van der Waals surface area contributed by atoms with Crippen LogP contribution in [-0.4, -0.2) is 70.1 Å². The first-order valence-electron chi connectivity index (χ1n) is 10.8. The number of hydrogen-bond donors (Lipinski definition) is 1. The number of likely N-dealkylation sites (N-methyl/N-ethyl adjacent to an activating group) is 1. The summed E-state index contributed by atoms with van der Waals surface area (Å²) in [5, 5.41) is 21.6. The fourth-order valence-corrected chi connectivity index (χ4v) is 4.17. The van der Waals surface area contributed by atoms with Crippen LogP contribution in [0, 0.1) is 10.1 Å². The molecule has 1 fully saturated rings. The molecule has 1 unspecified atom stereocenters. The van der Waals surface area contributed by atoms with Gasteiger partial charge in [-0.3, -0.25) is 24.8 Å². The Bertz CT molecular complexity index is 1140. The lowest BCUT2D eigenvalue weighted by molar-refractivity contribution is -0.383. The van der Waals surface area contributed by atoms with Gasteiger partial charge in [0.05, 0.1) is 22.5 Å². The predicted octanol–water partition coefficient (Wildman–Crippen LogP) is 2.79. The number of aliphatic hydroxyl groups is 1. The molecule has 0 radical (unpaired) electrons. The fraction of sp³-hybridized carbons (Fsp3) is 0.333. The van der Waals surface area contributed by atoms with Gasteiger partial charge in [0.2, 0.25) is 0 Å². The number of aromatic nitrogens is 1. The van der Waals surface area contributed by atoms with Gasteiger partial charge in [0, 0.05) is 38.9 Å². The quantitative estimate of drug-likeness (QED) is 0.415. The molecule has 9 heteroatoms. The number of amides is 1. The number of aliphatic hydroxyl groups excluding tert-OH is 1. The Morgan fingerprint density at radius 3 is 2.76 bits per heavy atom. The standard InChI is InChI=1S/C24H26N4O5/c1-26(21(17-6-3-2-4-7-17)15-27-13-11-18(29)14-27)23(30)16-33-22-10-9-20(28(31)32)19-8-5-12-25-24(19)22/h2-10,12,18,21,29H,11,13-16H2,1H3/t18-,21?/m0/s1. The summed E-state index contributed by atoms with van der Waals surface area (Å²) < 4.78 is 5.78. The van der Waals surface area contributed by atoms with E-state index in [-0.39, 0.29) is 30.3 Å². The van der Waals surface area contributed by atoms with Gasteiger partial charge in [0.1, 0.15) is 11.3 Å². The van der Waals surface area contributed by atoms with Gasteiger partial charge in [-0.15, -0.1) is 0 Å².